The first-order chi connectivity index (χ1) is 23.3. The van der Waals surface area contributed by atoms with Crippen LogP contribution in [0, 0.1) is 0 Å². The largest absolute Gasteiger partial charge is 0.481 e. The fourth-order valence-electron chi connectivity index (χ4n) is 5.16. The van der Waals surface area contributed by atoms with Crippen molar-refractivity contribution >= 4 is 46.4 Å². The van der Waals surface area contributed by atoms with Gasteiger partial charge < -0.3 is 55.2 Å². The summed E-state index contributed by atoms with van der Waals surface area (Å²) in [5, 5.41) is 41.2. The monoisotopic (exact) mass is 773 g/mol. The molecule has 5 rings (SSSR count). The molecule has 2 fully saturated rings. The number of hydrogen-bond donors (Lipinski definition) is 9. The van der Waals surface area contributed by atoms with Gasteiger partial charge in [-0.2, -0.15) is 8.88 Å². The van der Waals surface area contributed by atoms with Crippen molar-refractivity contribution in [2.45, 2.75) is 62.4 Å². The minimum Gasteiger partial charge on any atom is -0.477 e. The van der Waals surface area contributed by atoms with Gasteiger partial charge in [-0.1, -0.05) is 6.92 Å². The van der Waals surface area contributed by atoms with Gasteiger partial charge in [0, 0.05) is 5.56 Å². The Hall–Kier alpha value is -2.86. The summed E-state index contributed by atoms with van der Waals surface area (Å²) in [5.41, 5.74) is 6.22. The number of aromatic carboxylic acids is 1. The molecular weight excluding hydrogens is 741 g/mol. The van der Waals surface area contributed by atoms with E-state index in [1.54, 1.807) is 6.92 Å². The lowest BCUT2D eigenvalue weighted by Crippen LogP contribution is -2.46. The number of phosphoric acid groups is 3. The highest BCUT2D eigenvalue weighted by molar-refractivity contribution is 7.61. The van der Waals surface area contributed by atoms with Crippen LogP contribution in [0.15, 0.2) is 31.1 Å². The summed E-state index contributed by atoms with van der Waals surface area (Å²) in [7, 11) is -16.3. The van der Waals surface area contributed by atoms with Crippen LogP contribution in [-0.2, 0) is 47.5 Å². The van der Waals surface area contributed by atoms with E-state index in [1.807, 2.05) is 0 Å². The lowest BCUT2D eigenvalue weighted by molar-refractivity contribution is -0.766. The van der Waals surface area contributed by atoms with Crippen molar-refractivity contribution < 1.29 is 90.4 Å². The Morgan fingerprint density at radius 1 is 0.960 bits per heavy atom. The molecule has 2 aliphatic rings. The van der Waals surface area contributed by atoms with Crippen molar-refractivity contribution in [2.75, 3.05) is 18.9 Å². The fourth-order valence-corrected chi connectivity index (χ4v) is 7.79. The van der Waals surface area contributed by atoms with Crippen LogP contribution < -0.4 is 10.3 Å². The molecule has 2 aliphatic heterocycles. The maximum atomic E-state index is 12.6. The molecule has 0 bridgehead atoms. The molecule has 0 aromatic carbocycles. The van der Waals surface area contributed by atoms with Crippen molar-refractivity contribution in [3.05, 3.63) is 42.2 Å². The average molecular weight is 773 g/mol. The second-order valence-electron chi connectivity index (χ2n) is 10.9. The Balaban J connectivity index is 1.22. The molecule has 0 aliphatic carbocycles. The number of phosphoric ester groups is 3. The van der Waals surface area contributed by atoms with Crippen molar-refractivity contribution in [3.63, 3.8) is 0 Å². The number of carboxylic acid groups (broad SMARTS) is 1. The number of aliphatic hydroxyl groups excluding tert-OH is 3. The predicted octanol–water partition coefficient (Wildman–Crippen LogP) is -1.74. The van der Waals surface area contributed by atoms with Crippen LogP contribution in [0.3, 0.4) is 0 Å². The summed E-state index contributed by atoms with van der Waals surface area (Å²) in [4.78, 5) is 62.3. The third-order valence-corrected chi connectivity index (χ3v) is 10.6. The van der Waals surface area contributed by atoms with E-state index in [9.17, 15) is 58.5 Å². The number of aryl methyl sites for hydroxylation is 1. The normalized spacial score (nSPS) is 29.6. The van der Waals surface area contributed by atoms with Crippen molar-refractivity contribution in [3.8, 4) is 0 Å². The Bertz CT molecular complexity index is 1880. The highest BCUT2D eigenvalue weighted by Gasteiger charge is 2.51. The van der Waals surface area contributed by atoms with Crippen LogP contribution >= 0.6 is 23.5 Å². The van der Waals surface area contributed by atoms with Crippen LogP contribution in [0.2, 0.25) is 0 Å². The van der Waals surface area contributed by atoms with Crippen molar-refractivity contribution in [1.29, 1.82) is 0 Å². The van der Waals surface area contributed by atoms with Gasteiger partial charge in [0.15, 0.2) is 36.2 Å². The summed E-state index contributed by atoms with van der Waals surface area (Å²) in [5.74, 6) is -1.33. The Morgan fingerprint density at radius 3 is 2.20 bits per heavy atom. The van der Waals surface area contributed by atoms with Crippen LogP contribution in [0.25, 0.3) is 11.2 Å². The molecule has 0 radical (unpaired) electrons. The van der Waals surface area contributed by atoms with Gasteiger partial charge in [-0.05, 0) is 12.5 Å². The van der Waals surface area contributed by atoms with Crippen LogP contribution in [-0.4, -0.2) is 115 Å². The highest BCUT2D eigenvalue weighted by Crippen LogP contribution is 2.61. The van der Waals surface area contributed by atoms with Gasteiger partial charge in [-0.3, -0.25) is 18.1 Å². The van der Waals surface area contributed by atoms with E-state index in [4.69, 9.17) is 28.8 Å². The summed E-state index contributed by atoms with van der Waals surface area (Å²) in [6.45, 7) is -0.318. The van der Waals surface area contributed by atoms with E-state index < -0.39 is 91.7 Å². The van der Waals surface area contributed by atoms with Crippen molar-refractivity contribution in [1.82, 2.24) is 19.5 Å². The first kappa shape index (κ1) is 38.4. The molecular formula is C23H32N6O18P3+. The molecule has 3 aromatic rings. The van der Waals surface area contributed by atoms with E-state index in [1.165, 1.54) is 16.8 Å². The number of pyridine rings is 1. The molecule has 50 heavy (non-hydrogen) atoms. The third kappa shape index (κ3) is 8.60. The highest BCUT2D eigenvalue weighted by atomic mass is 31.3. The maximum absolute atomic E-state index is 12.6. The molecule has 2 unspecified atom stereocenters. The molecule has 0 saturated carbocycles. The van der Waals surface area contributed by atoms with E-state index in [2.05, 4.69) is 19.3 Å². The molecule has 0 amide bonds. The zero-order valence-corrected chi connectivity index (χ0v) is 28.1. The number of carbonyl (C=O) groups is 1. The first-order valence-electron chi connectivity index (χ1n) is 14.2. The molecule has 27 heteroatoms. The lowest BCUT2D eigenvalue weighted by atomic mass is 10.1. The standard InChI is InChI=1S/C23H31N6O18P3/c1-2-10-3-11(23(33)34)5-28(4-10)21-17(32)15(30)12(44-21)6-42-49(38,39)47-50(40,41)43-7-13-16(31)18(46-48(35,36)37)22(45-13)29-9-27-14-19(24)25-8-26-20(14)29/h3-5,8-9,12-13,15-18,21-22,30-32H,2,6-7H2,1H3,(H6-,24,25,26,33,34,35,36,37,38,39,40,41)/p+1/t12-,13-,15-,16-,17-,18-,21-,22-/m1/s1. The Kier molecular flexibility index (Phi) is 11.2. The van der Waals surface area contributed by atoms with Crippen LogP contribution in [0.4, 0.5) is 5.82 Å². The number of fused-ring (bicyclic) bond motifs is 1. The van der Waals surface area contributed by atoms with E-state index in [0.717, 1.165) is 23.4 Å². The van der Waals surface area contributed by atoms with Gasteiger partial charge in [0.1, 0.15) is 47.9 Å². The summed E-state index contributed by atoms with van der Waals surface area (Å²) in [6.07, 6.45) is -8.19. The second-order valence-corrected chi connectivity index (χ2v) is 15.1. The van der Waals surface area contributed by atoms with Gasteiger partial charge in [0.2, 0.25) is 0 Å². The molecule has 3 aromatic heterocycles. The van der Waals surface area contributed by atoms with Gasteiger partial charge in [-0.25, -0.2) is 33.4 Å². The van der Waals surface area contributed by atoms with Gasteiger partial charge >= 0.3 is 29.4 Å². The molecule has 0 spiro atoms. The topological polar surface area (TPSA) is 359 Å². The summed E-state index contributed by atoms with van der Waals surface area (Å²) < 4.78 is 68.6. The number of anilines is 1. The molecule has 10 atom stereocenters. The van der Waals surface area contributed by atoms with Gasteiger partial charge in [0.05, 0.1) is 19.5 Å². The summed E-state index contributed by atoms with van der Waals surface area (Å²) in [6, 6.07) is 1.39. The molecule has 24 nitrogen and oxygen atoms in total. The van der Waals surface area contributed by atoms with Crippen LogP contribution in [0.1, 0.15) is 35.3 Å². The first-order valence-corrected chi connectivity index (χ1v) is 18.8. The quantitative estimate of drug-likeness (QED) is 0.0648. The number of carboxylic acids is 1. The van der Waals surface area contributed by atoms with Gasteiger partial charge in [0.25, 0.3) is 6.23 Å². The van der Waals surface area contributed by atoms with Crippen LogP contribution in [0.5, 0.6) is 0 Å². The Labute approximate surface area is 280 Å². The Morgan fingerprint density at radius 2 is 1.60 bits per heavy atom. The average Bonchev–Trinajstić information content (AvgIpc) is 3.68. The molecule has 10 N–H and O–H groups in total. The van der Waals surface area contributed by atoms with Gasteiger partial charge in [-0.15, -0.1) is 0 Å². The van der Waals surface area contributed by atoms with E-state index >= 15 is 0 Å². The zero-order chi connectivity index (χ0) is 36.8. The zero-order valence-electron chi connectivity index (χ0n) is 25.4. The molecule has 5 heterocycles. The SMILES string of the molecule is CCc1cc(C(=O)O)c[n+]([C@@H]2O[C@H](COP(=O)(O)OP(=O)(O)OC[C@H]3O[C@@H](n4cnc5c(N)ncnc54)[C@H](OP(=O)(O)O)[C@@H]3O)[C@@H](O)[C@H]2O)c1. The van der Waals surface area contributed by atoms with E-state index in [-0.39, 0.29) is 22.5 Å². The van der Waals surface area contributed by atoms with Crippen molar-refractivity contribution in [2.24, 2.45) is 0 Å². The number of aliphatic hydroxyl groups is 3. The molecule has 2 saturated heterocycles. The maximum Gasteiger partial charge on any atom is 0.481 e. The number of nitrogens with two attached hydrogens (primary N) is 1. The fraction of sp³-hybridized carbons (Fsp3) is 0.522. The number of ether oxygens (including phenoxy) is 2. The minimum atomic E-state index is -5.54. The number of hydrogen-bond acceptors (Lipinski definition) is 17. The minimum absolute atomic E-state index is 0.00149. The predicted molar refractivity (Wildman–Crippen MR) is 158 cm³/mol. The molecule has 276 valence electrons. The smallest absolute Gasteiger partial charge is 0.477 e. The number of nitrogens with zero attached hydrogens (tertiary/aromatic N) is 5. The number of aromatic nitrogens is 5. The second kappa shape index (κ2) is 14.6. The number of rotatable bonds is 14. The number of nitrogen functional groups attached to an aromatic ring is 1. The third-order valence-electron chi connectivity index (χ3n) is 7.47. The lowest BCUT2D eigenvalue weighted by Gasteiger charge is -2.22. The number of imidazole rings is 1. The van der Waals surface area contributed by atoms with E-state index in [0.29, 0.717) is 12.0 Å². The summed E-state index contributed by atoms with van der Waals surface area (Å²) >= 11 is 0.